The first-order valence-corrected chi connectivity index (χ1v) is 5.56. The maximum absolute atomic E-state index is 12.9. The van der Waals surface area contributed by atoms with Crippen molar-refractivity contribution in [1.82, 2.24) is 4.98 Å². The number of hydrogen-bond donors (Lipinski definition) is 1. The van der Waals surface area contributed by atoms with Crippen molar-refractivity contribution in [3.8, 4) is 0 Å². The summed E-state index contributed by atoms with van der Waals surface area (Å²) in [5.74, 6) is -1.10. The standard InChI is InChI=1S/C11H10F2N2S/c1-14-11-15-6-10(16-11)4-7-2-8(12)5-9(13)3-7/h2-3,5-6H,4H2,1H3,(H,14,15). The average Bonchev–Trinajstić information content (AvgIpc) is 2.64. The van der Waals surface area contributed by atoms with Gasteiger partial charge >= 0.3 is 0 Å². The zero-order valence-corrected chi connectivity index (χ0v) is 9.44. The highest BCUT2D eigenvalue weighted by Crippen LogP contribution is 2.21. The number of anilines is 1. The van der Waals surface area contributed by atoms with E-state index in [-0.39, 0.29) is 0 Å². The molecule has 1 N–H and O–H groups in total. The number of benzene rings is 1. The Morgan fingerprint density at radius 1 is 1.25 bits per heavy atom. The van der Waals surface area contributed by atoms with E-state index in [9.17, 15) is 8.78 Å². The molecule has 0 unspecified atom stereocenters. The third-order valence-electron chi connectivity index (χ3n) is 2.07. The van der Waals surface area contributed by atoms with E-state index in [4.69, 9.17) is 0 Å². The quantitative estimate of drug-likeness (QED) is 0.891. The molecule has 0 amide bonds. The molecule has 16 heavy (non-hydrogen) atoms. The van der Waals surface area contributed by atoms with Crippen molar-refractivity contribution in [2.45, 2.75) is 6.42 Å². The molecule has 0 fully saturated rings. The molecule has 0 saturated carbocycles. The molecule has 2 nitrogen and oxygen atoms in total. The Morgan fingerprint density at radius 3 is 2.50 bits per heavy atom. The highest BCUT2D eigenvalue weighted by atomic mass is 32.1. The first-order chi connectivity index (χ1) is 7.67. The monoisotopic (exact) mass is 240 g/mol. The van der Waals surface area contributed by atoms with Crippen molar-refractivity contribution in [3.05, 3.63) is 46.5 Å². The summed E-state index contributed by atoms with van der Waals surface area (Å²) in [4.78, 5) is 5.06. The highest BCUT2D eigenvalue weighted by Gasteiger charge is 2.04. The third kappa shape index (κ3) is 2.55. The first kappa shape index (κ1) is 11.0. The van der Waals surface area contributed by atoms with Crippen LogP contribution in [0, 0.1) is 11.6 Å². The van der Waals surface area contributed by atoms with Gasteiger partial charge in [0.1, 0.15) is 11.6 Å². The van der Waals surface area contributed by atoms with Gasteiger partial charge in [-0.15, -0.1) is 11.3 Å². The molecule has 0 spiro atoms. The largest absolute Gasteiger partial charge is 0.365 e. The number of aromatic nitrogens is 1. The molecule has 0 aliphatic rings. The van der Waals surface area contributed by atoms with Gasteiger partial charge in [0.05, 0.1) is 0 Å². The second-order valence-corrected chi connectivity index (χ2v) is 4.45. The van der Waals surface area contributed by atoms with Crippen molar-refractivity contribution in [3.63, 3.8) is 0 Å². The van der Waals surface area contributed by atoms with Gasteiger partial charge in [0.2, 0.25) is 0 Å². The van der Waals surface area contributed by atoms with E-state index in [0.717, 1.165) is 16.1 Å². The van der Waals surface area contributed by atoms with E-state index < -0.39 is 11.6 Å². The van der Waals surface area contributed by atoms with Crippen LogP contribution in [-0.4, -0.2) is 12.0 Å². The second-order valence-electron chi connectivity index (χ2n) is 3.34. The third-order valence-corrected chi connectivity index (χ3v) is 3.08. The van der Waals surface area contributed by atoms with Crippen LogP contribution in [0.25, 0.3) is 0 Å². The molecule has 0 saturated heterocycles. The van der Waals surface area contributed by atoms with Crippen molar-refractivity contribution in [2.75, 3.05) is 12.4 Å². The fraction of sp³-hybridized carbons (Fsp3) is 0.182. The average molecular weight is 240 g/mol. The van der Waals surface area contributed by atoms with Crippen LogP contribution >= 0.6 is 11.3 Å². The minimum Gasteiger partial charge on any atom is -0.365 e. The molecule has 84 valence electrons. The summed E-state index contributed by atoms with van der Waals surface area (Å²) in [5, 5.41) is 3.71. The van der Waals surface area contributed by atoms with E-state index in [2.05, 4.69) is 10.3 Å². The Balaban J connectivity index is 2.19. The van der Waals surface area contributed by atoms with Crippen molar-refractivity contribution in [1.29, 1.82) is 0 Å². The molecule has 2 aromatic rings. The van der Waals surface area contributed by atoms with Crippen LogP contribution in [0.1, 0.15) is 10.4 Å². The lowest BCUT2D eigenvalue weighted by molar-refractivity contribution is 0.580. The van der Waals surface area contributed by atoms with Crippen molar-refractivity contribution >= 4 is 16.5 Å². The fourth-order valence-corrected chi connectivity index (χ4v) is 2.22. The van der Waals surface area contributed by atoms with Crippen LogP contribution in [0.4, 0.5) is 13.9 Å². The van der Waals surface area contributed by atoms with Gasteiger partial charge in [-0.1, -0.05) is 0 Å². The maximum Gasteiger partial charge on any atom is 0.182 e. The molecule has 0 atom stereocenters. The predicted octanol–water partition coefficient (Wildman–Crippen LogP) is 3.05. The zero-order valence-electron chi connectivity index (χ0n) is 8.63. The summed E-state index contributed by atoms with van der Waals surface area (Å²) in [7, 11) is 1.78. The van der Waals surface area contributed by atoms with E-state index in [1.54, 1.807) is 13.2 Å². The van der Waals surface area contributed by atoms with E-state index in [1.807, 2.05) is 0 Å². The summed E-state index contributed by atoms with van der Waals surface area (Å²) >= 11 is 1.47. The van der Waals surface area contributed by atoms with Crippen LogP contribution in [0.2, 0.25) is 0 Å². The van der Waals surface area contributed by atoms with Gasteiger partial charge in [-0.25, -0.2) is 13.8 Å². The fourth-order valence-electron chi connectivity index (χ4n) is 1.42. The maximum atomic E-state index is 12.9. The molecule has 2 rings (SSSR count). The summed E-state index contributed by atoms with van der Waals surface area (Å²) in [6.45, 7) is 0. The molecule has 0 radical (unpaired) electrons. The molecular weight excluding hydrogens is 230 g/mol. The first-order valence-electron chi connectivity index (χ1n) is 4.75. The van der Waals surface area contributed by atoms with Crippen LogP contribution in [0.15, 0.2) is 24.4 Å². The van der Waals surface area contributed by atoms with Gasteiger partial charge in [0.15, 0.2) is 5.13 Å². The van der Waals surface area contributed by atoms with Crippen molar-refractivity contribution in [2.24, 2.45) is 0 Å². The number of nitrogens with zero attached hydrogens (tertiary/aromatic N) is 1. The Morgan fingerprint density at radius 2 is 1.94 bits per heavy atom. The smallest absolute Gasteiger partial charge is 0.182 e. The van der Waals surface area contributed by atoms with Gasteiger partial charge in [0.25, 0.3) is 0 Å². The SMILES string of the molecule is CNc1ncc(Cc2cc(F)cc(F)c2)s1. The minimum atomic E-state index is -0.548. The van der Waals surface area contributed by atoms with Gasteiger partial charge in [-0.3, -0.25) is 0 Å². The zero-order chi connectivity index (χ0) is 11.5. The number of halogens is 2. The van der Waals surface area contributed by atoms with Gasteiger partial charge in [-0.2, -0.15) is 0 Å². The van der Waals surface area contributed by atoms with Crippen LogP contribution in [-0.2, 0) is 6.42 Å². The lowest BCUT2D eigenvalue weighted by Gasteiger charge is -1.99. The Labute approximate surface area is 96.0 Å². The van der Waals surface area contributed by atoms with Crippen LogP contribution in [0.5, 0.6) is 0 Å². The number of thiazole rings is 1. The molecular formula is C11H10F2N2S. The van der Waals surface area contributed by atoms with Gasteiger partial charge in [-0.05, 0) is 17.7 Å². The lowest BCUT2D eigenvalue weighted by Crippen LogP contribution is -1.88. The summed E-state index contributed by atoms with van der Waals surface area (Å²) in [6, 6.07) is 3.54. The summed E-state index contributed by atoms with van der Waals surface area (Å²) in [5.41, 5.74) is 0.615. The molecule has 0 aliphatic heterocycles. The number of rotatable bonds is 3. The topological polar surface area (TPSA) is 24.9 Å². The Kier molecular flexibility index (Phi) is 3.14. The minimum absolute atomic E-state index is 0.494. The van der Waals surface area contributed by atoms with E-state index >= 15 is 0 Å². The van der Waals surface area contributed by atoms with Gasteiger partial charge in [0, 0.05) is 30.6 Å². The highest BCUT2D eigenvalue weighted by molar-refractivity contribution is 7.15. The van der Waals surface area contributed by atoms with Gasteiger partial charge < -0.3 is 5.32 Å². The van der Waals surface area contributed by atoms with E-state index in [1.165, 1.54) is 23.5 Å². The lowest BCUT2D eigenvalue weighted by atomic mass is 10.1. The normalized spacial score (nSPS) is 10.4. The summed E-state index contributed by atoms with van der Waals surface area (Å²) < 4.78 is 25.9. The van der Waals surface area contributed by atoms with Crippen LogP contribution in [0.3, 0.4) is 0 Å². The molecule has 1 heterocycles. The second kappa shape index (κ2) is 4.57. The summed E-state index contributed by atoms with van der Waals surface area (Å²) in [6.07, 6.45) is 2.20. The number of nitrogens with one attached hydrogen (secondary N) is 1. The molecule has 1 aromatic carbocycles. The van der Waals surface area contributed by atoms with Crippen molar-refractivity contribution < 1.29 is 8.78 Å². The molecule has 5 heteroatoms. The molecule has 0 bridgehead atoms. The molecule has 1 aromatic heterocycles. The van der Waals surface area contributed by atoms with E-state index in [0.29, 0.717) is 12.0 Å². The predicted molar refractivity (Wildman–Crippen MR) is 60.8 cm³/mol. The Hall–Kier alpha value is -1.49. The number of hydrogen-bond acceptors (Lipinski definition) is 3. The van der Waals surface area contributed by atoms with Crippen LogP contribution < -0.4 is 5.32 Å². The molecule has 0 aliphatic carbocycles. The Bertz CT molecular complexity index is 476.